The Morgan fingerprint density at radius 2 is 2.20 bits per heavy atom. The lowest BCUT2D eigenvalue weighted by atomic mass is 10.3. The maximum absolute atomic E-state index is 5.24. The van der Waals surface area contributed by atoms with Gasteiger partial charge in [-0.2, -0.15) is 0 Å². The van der Waals surface area contributed by atoms with Crippen LogP contribution in [0.15, 0.2) is 4.42 Å². The highest BCUT2D eigenvalue weighted by atomic mass is 79.9. The van der Waals surface area contributed by atoms with Crippen LogP contribution in [0.3, 0.4) is 0 Å². The van der Waals surface area contributed by atoms with Gasteiger partial charge in [0, 0.05) is 18.7 Å². The van der Waals surface area contributed by atoms with Gasteiger partial charge in [0.05, 0.1) is 5.69 Å². The first-order valence-electron chi connectivity index (χ1n) is 3.23. The Morgan fingerprint density at radius 1 is 1.50 bits per heavy atom. The predicted octanol–water partition coefficient (Wildman–Crippen LogP) is 2.23. The van der Waals surface area contributed by atoms with Gasteiger partial charge in [-0.05, 0) is 6.92 Å². The Bertz CT molecular complexity index is 219. The summed E-state index contributed by atoms with van der Waals surface area (Å²) in [7, 11) is 0. The third-order valence-corrected chi connectivity index (χ3v) is 1.73. The van der Waals surface area contributed by atoms with Gasteiger partial charge in [-0.1, -0.05) is 15.9 Å². The fourth-order valence-corrected chi connectivity index (χ4v) is 1.27. The highest BCUT2D eigenvalue weighted by molar-refractivity contribution is 9.09. The second-order valence-electron chi connectivity index (χ2n) is 2.17. The van der Waals surface area contributed by atoms with Gasteiger partial charge in [-0.25, -0.2) is 4.98 Å². The summed E-state index contributed by atoms with van der Waals surface area (Å²) in [4.78, 5) is 4.20. The molecule has 3 heteroatoms. The molecule has 1 aromatic rings. The van der Waals surface area contributed by atoms with E-state index in [1.165, 1.54) is 0 Å². The van der Waals surface area contributed by atoms with Gasteiger partial charge < -0.3 is 4.42 Å². The predicted molar refractivity (Wildman–Crippen MR) is 43.5 cm³/mol. The molecule has 10 heavy (non-hydrogen) atoms. The molecular formula is C7H10BrNO. The van der Waals surface area contributed by atoms with Crippen molar-refractivity contribution in [1.29, 1.82) is 0 Å². The highest BCUT2D eigenvalue weighted by Gasteiger charge is 2.03. The Labute approximate surface area is 68.8 Å². The molecule has 2 nitrogen and oxygen atoms in total. The van der Waals surface area contributed by atoms with Gasteiger partial charge in [-0.3, -0.25) is 0 Å². The largest absolute Gasteiger partial charge is 0.446 e. The summed E-state index contributed by atoms with van der Waals surface area (Å²) in [6, 6.07) is 0. The molecule has 0 bridgehead atoms. The topological polar surface area (TPSA) is 26.0 Å². The van der Waals surface area contributed by atoms with Crippen molar-refractivity contribution in [3.63, 3.8) is 0 Å². The lowest BCUT2D eigenvalue weighted by Crippen LogP contribution is -1.87. The molecule has 0 saturated heterocycles. The molecular weight excluding hydrogens is 194 g/mol. The fraction of sp³-hybridized carbons (Fsp3) is 0.571. The van der Waals surface area contributed by atoms with Crippen molar-refractivity contribution < 1.29 is 4.42 Å². The summed E-state index contributed by atoms with van der Waals surface area (Å²) in [5.41, 5.74) is 1.06. The molecule has 0 radical (unpaired) electrons. The van der Waals surface area contributed by atoms with Gasteiger partial charge in [0.1, 0.15) is 5.76 Å². The molecule has 0 saturated carbocycles. The van der Waals surface area contributed by atoms with Crippen LogP contribution < -0.4 is 0 Å². The van der Waals surface area contributed by atoms with Crippen LogP contribution in [-0.4, -0.2) is 10.3 Å². The van der Waals surface area contributed by atoms with Crippen molar-refractivity contribution in [2.45, 2.75) is 20.3 Å². The van der Waals surface area contributed by atoms with E-state index < -0.39 is 0 Å². The van der Waals surface area contributed by atoms with E-state index in [-0.39, 0.29) is 0 Å². The van der Waals surface area contributed by atoms with Crippen LogP contribution in [-0.2, 0) is 6.42 Å². The van der Waals surface area contributed by atoms with Crippen molar-refractivity contribution in [3.05, 3.63) is 17.3 Å². The summed E-state index contributed by atoms with van der Waals surface area (Å²) in [5.74, 6) is 1.70. The average molecular weight is 204 g/mol. The van der Waals surface area contributed by atoms with E-state index in [9.17, 15) is 0 Å². The van der Waals surface area contributed by atoms with E-state index in [0.717, 1.165) is 29.1 Å². The summed E-state index contributed by atoms with van der Waals surface area (Å²) >= 11 is 3.35. The smallest absolute Gasteiger partial charge is 0.191 e. The highest BCUT2D eigenvalue weighted by Crippen LogP contribution is 2.09. The first-order valence-corrected chi connectivity index (χ1v) is 4.35. The number of hydrogen-bond acceptors (Lipinski definition) is 2. The quantitative estimate of drug-likeness (QED) is 0.690. The lowest BCUT2D eigenvalue weighted by Gasteiger charge is -1.88. The minimum Gasteiger partial charge on any atom is -0.446 e. The third kappa shape index (κ3) is 1.59. The molecule has 1 heterocycles. The number of nitrogens with zero attached hydrogens (tertiary/aromatic N) is 1. The maximum Gasteiger partial charge on any atom is 0.191 e. The van der Waals surface area contributed by atoms with E-state index in [4.69, 9.17) is 4.42 Å². The molecule has 56 valence electrons. The van der Waals surface area contributed by atoms with E-state index in [2.05, 4.69) is 20.9 Å². The van der Waals surface area contributed by atoms with Gasteiger partial charge >= 0.3 is 0 Å². The fourth-order valence-electron chi connectivity index (χ4n) is 0.894. The molecule has 0 fully saturated rings. The zero-order valence-corrected chi connectivity index (χ0v) is 7.73. The Hall–Kier alpha value is -0.310. The van der Waals surface area contributed by atoms with Crippen LogP contribution in [0.5, 0.6) is 0 Å². The average Bonchev–Trinajstić information content (AvgIpc) is 2.13. The second kappa shape index (κ2) is 3.19. The normalized spacial score (nSPS) is 10.3. The monoisotopic (exact) mass is 203 g/mol. The molecule has 0 aromatic carbocycles. The molecule has 0 aliphatic rings. The molecule has 0 spiro atoms. The number of aromatic nitrogens is 1. The molecule has 0 atom stereocenters. The zero-order valence-electron chi connectivity index (χ0n) is 6.15. The van der Waals surface area contributed by atoms with E-state index in [1.54, 1.807) is 0 Å². The first kappa shape index (κ1) is 7.79. The molecule has 0 aliphatic heterocycles. The van der Waals surface area contributed by atoms with Gasteiger partial charge in [0.25, 0.3) is 0 Å². The lowest BCUT2D eigenvalue weighted by molar-refractivity contribution is 0.493. The van der Waals surface area contributed by atoms with Gasteiger partial charge in [0.15, 0.2) is 5.89 Å². The number of alkyl halides is 1. The van der Waals surface area contributed by atoms with Crippen LogP contribution in [0.1, 0.15) is 17.3 Å². The number of aryl methyl sites for hydroxylation is 3. The first-order chi connectivity index (χ1) is 4.74. The molecule has 0 amide bonds. The minimum atomic E-state index is 0.758. The molecule has 0 aliphatic carbocycles. The summed E-state index contributed by atoms with van der Waals surface area (Å²) < 4.78 is 5.24. The summed E-state index contributed by atoms with van der Waals surface area (Å²) in [6.45, 7) is 3.81. The van der Waals surface area contributed by atoms with E-state index >= 15 is 0 Å². The number of oxazole rings is 1. The molecule has 0 unspecified atom stereocenters. The van der Waals surface area contributed by atoms with Crippen LogP contribution >= 0.6 is 15.9 Å². The SMILES string of the molecule is Cc1nc(CCBr)c(C)o1. The van der Waals surface area contributed by atoms with Gasteiger partial charge in [0.2, 0.25) is 0 Å². The van der Waals surface area contributed by atoms with Crippen LogP contribution in [0, 0.1) is 13.8 Å². The van der Waals surface area contributed by atoms with E-state index in [0.29, 0.717) is 0 Å². The second-order valence-corrected chi connectivity index (χ2v) is 2.97. The number of rotatable bonds is 2. The maximum atomic E-state index is 5.24. The van der Waals surface area contributed by atoms with Crippen LogP contribution in [0.25, 0.3) is 0 Å². The summed E-state index contributed by atoms with van der Waals surface area (Å²) in [6.07, 6.45) is 0.948. The zero-order chi connectivity index (χ0) is 7.56. The Morgan fingerprint density at radius 3 is 2.60 bits per heavy atom. The third-order valence-electron chi connectivity index (χ3n) is 1.33. The van der Waals surface area contributed by atoms with E-state index in [1.807, 2.05) is 13.8 Å². The van der Waals surface area contributed by atoms with Crippen molar-refractivity contribution in [3.8, 4) is 0 Å². The van der Waals surface area contributed by atoms with Crippen LogP contribution in [0.2, 0.25) is 0 Å². The van der Waals surface area contributed by atoms with Crippen molar-refractivity contribution in [2.24, 2.45) is 0 Å². The van der Waals surface area contributed by atoms with Crippen molar-refractivity contribution >= 4 is 15.9 Å². The molecule has 1 aromatic heterocycles. The number of hydrogen-bond donors (Lipinski definition) is 0. The van der Waals surface area contributed by atoms with Crippen LogP contribution in [0.4, 0.5) is 0 Å². The van der Waals surface area contributed by atoms with Gasteiger partial charge in [-0.15, -0.1) is 0 Å². The standard InChI is InChI=1S/C7H10BrNO/c1-5-7(3-4-8)9-6(2)10-5/h3-4H2,1-2H3. The van der Waals surface area contributed by atoms with Crippen molar-refractivity contribution in [2.75, 3.05) is 5.33 Å². The summed E-state index contributed by atoms with van der Waals surface area (Å²) in [5, 5.41) is 0.944. The number of halogens is 1. The minimum absolute atomic E-state index is 0.758. The Balaban J connectivity index is 2.81. The molecule has 1 rings (SSSR count). The van der Waals surface area contributed by atoms with Crippen molar-refractivity contribution in [1.82, 2.24) is 4.98 Å². The molecule has 0 N–H and O–H groups in total. The Kier molecular flexibility index (Phi) is 2.49.